The second-order valence-corrected chi connectivity index (χ2v) is 6.18. The lowest BCUT2D eigenvalue weighted by atomic mass is 10.2. The number of nitrogens with two attached hydrogens (primary N) is 1. The molecule has 1 fully saturated rings. The average Bonchev–Trinajstić information content (AvgIpc) is 2.35. The first-order valence-corrected chi connectivity index (χ1v) is 7.42. The third kappa shape index (κ3) is 4.89. The molecule has 1 saturated heterocycles. The Balaban J connectivity index is 2.50. The van der Waals surface area contributed by atoms with Crippen molar-refractivity contribution in [1.29, 1.82) is 0 Å². The predicted molar refractivity (Wildman–Crippen MR) is 65.2 cm³/mol. The minimum Gasteiger partial charge on any atom is -0.385 e. The summed E-state index contributed by atoms with van der Waals surface area (Å²) in [5.74, 6) is 0. The zero-order chi connectivity index (χ0) is 12.7. The van der Waals surface area contributed by atoms with Gasteiger partial charge >= 0.3 is 0 Å². The third-order valence-electron chi connectivity index (χ3n) is 2.89. The van der Waals surface area contributed by atoms with Crippen LogP contribution in [0.1, 0.15) is 19.3 Å². The summed E-state index contributed by atoms with van der Waals surface area (Å²) in [6.45, 7) is 1.80. The maximum Gasteiger partial charge on any atom is 0.214 e. The van der Waals surface area contributed by atoms with Gasteiger partial charge in [0.15, 0.2) is 0 Å². The molecule has 1 aliphatic rings. The molecule has 0 amide bonds. The Bertz CT molecular complexity index is 301. The Morgan fingerprint density at radius 2 is 2.12 bits per heavy atom. The van der Waals surface area contributed by atoms with Crippen LogP contribution < -0.4 is 10.5 Å². The van der Waals surface area contributed by atoms with Crippen LogP contribution in [0.2, 0.25) is 0 Å². The van der Waals surface area contributed by atoms with Crippen molar-refractivity contribution in [3.05, 3.63) is 0 Å². The molecule has 0 bridgehead atoms. The van der Waals surface area contributed by atoms with Crippen molar-refractivity contribution in [3.63, 3.8) is 0 Å². The van der Waals surface area contributed by atoms with Crippen molar-refractivity contribution in [1.82, 2.24) is 4.72 Å². The normalized spacial score (nSPS) is 20.4. The topological polar surface area (TPSA) is 90.6 Å². The van der Waals surface area contributed by atoms with E-state index in [0.29, 0.717) is 39.1 Å². The molecule has 1 unspecified atom stereocenters. The fourth-order valence-electron chi connectivity index (χ4n) is 1.80. The molecule has 7 heteroatoms. The zero-order valence-corrected chi connectivity index (χ0v) is 11.0. The van der Waals surface area contributed by atoms with Gasteiger partial charge in [-0.2, -0.15) is 0 Å². The summed E-state index contributed by atoms with van der Waals surface area (Å²) in [4.78, 5) is 0. The number of rotatable bonds is 7. The Labute approximate surface area is 103 Å². The van der Waals surface area contributed by atoms with Gasteiger partial charge in [-0.15, -0.1) is 0 Å². The lowest BCUT2D eigenvalue weighted by Gasteiger charge is -2.25. The molecule has 0 saturated carbocycles. The molecular formula is C10H22N2O4S. The Morgan fingerprint density at radius 1 is 1.47 bits per heavy atom. The summed E-state index contributed by atoms with van der Waals surface area (Å²) in [5.41, 5.74) is 5.54. The summed E-state index contributed by atoms with van der Waals surface area (Å²) in [7, 11) is -1.71. The maximum absolute atomic E-state index is 12.1. The van der Waals surface area contributed by atoms with Gasteiger partial charge in [0.05, 0.1) is 5.25 Å². The molecule has 1 aliphatic heterocycles. The lowest BCUT2D eigenvalue weighted by molar-refractivity contribution is 0.0980. The van der Waals surface area contributed by atoms with Crippen molar-refractivity contribution >= 4 is 10.0 Å². The SMILES string of the molecule is COCCC(CN)NS(=O)(=O)C1CCOCC1. The van der Waals surface area contributed by atoms with Crippen LogP contribution in [0.4, 0.5) is 0 Å². The van der Waals surface area contributed by atoms with Crippen LogP contribution in [0.5, 0.6) is 0 Å². The number of nitrogens with one attached hydrogen (secondary N) is 1. The van der Waals surface area contributed by atoms with Crippen molar-refractivity contribution in [2.24, 2.45) is 5.73 Å². The van der Waals surface area contributed by atoms with Gasteiger partial charge in [0.1, 0.15) is 0 Å². The Morgan fingerprint density at radius 3 is 2.65 bits per heavy atom. The van der Waals surface area contributed by atoms with E-state index in [0.717, 1.165) is 0 Å². The molecule has 0 aromatic carbocycles. The average molecular weight is 266 g/mol. The van der Waals surface area contributed by atoms with Crippen LogP contribution in [0.3, 0.4) is 0 Å². The summed E-state index contributed by atoms with van der Waals surface area (Å²) >= 11 is 0. The predicted octanol–water partition coefficient (Wildman–Crippen LogP) is -0.551. The largest absolute Gasteiger partial charge is 0.385 e. The van der Waals surface area contributed by atoms with Gasteiger partial charge in [-0.3, -0.25) is 0 Å². The first-order valence-electron chi connectivity index (χ1n) is 5.88. The van der Waals surface area contributed by atoms with Crippen LogP contribution in [0, 0.1) is 0 Å². The quantitative estimate of drug-likeness (QED) is 0.645. The van der Waals surface area contributed by atoms with E-state index in [1.807, 2.05) is 0 Å². The van der Waals surface area contributed by atoms with Gasteiger partial charge in [0, 0.05) is 39.5 Å². The molecule has 0 aromatic rings. The highest BCUT2D eigenvalue weighted by Crippen LogP contribution is 2.15. The number of hydrogen-bond donors (Lipinski definition) is 2. The van der Waals surface area contributed by atoms with Crippen molar-refractivity contribution in [3.8, 4) is 0 Å². The summed E-state index contributed by atoms with van der Waals surface area (Å²) in [6, 6.07) is -0.247. The Kier molecular flexibility index (Phi) is 6.35. The molecule has 0 radical (unpaired) electrons. The molecule has 1 rings (SSSR count). The van der Waals surface area contributed by atoms with Crippen LogP contribution in [0.15, 0.2) is 0 Å². The van der Waals surface area contributed by atoms with E-state index in [2.05, 4.69) is 4.72 Å². The number of sulfonamides is 1. The summed E-state index contributed by atoms with van der Waals surface area (Å²) in [6.07, 6.45) is 1.70. The standard InChI is InChI=1S/C10H22N2O4S/c1-15-5-2-9(8-11)12-17(13,14)10-3-6-16-7-4-10/h9-10,12H,2-8,11H2,1H3. The van der Waals surface area contributed by atoms with Gasteiger partial charge in [-0.25, -0.2) is 13.1 Å². The van der Waals surface area contributed by atoms with Crippen molar-refractivity contribution < 1.29 is 17.9 Å². The van der Waals surface area contributed by atoms with E-state index in [4.69, 9.17) is 15.2 Å². The molecule has 0 spiro atoms. The fourth-order valence-corrected chi connectivity index (χ4v) is 3.48. The van der Waals surface area contributed by atoms with E-state index < -0.39 is 10.0 Å². The minimum absolute atomic E-state index is 0.247. The van der Waals surface area contributed by atoms with Crippen molar-refractivity contribution in [2.45, 2.75) is 30.6 Å². The second kappa shape index (κ2) is 7.27. The highest BCUT2D eigenvalue weighted by molar-refractivity contribution is 7.90. The van der Waals surface area contributed by atoms with Gasteiger partial charge < -0.3 is 15.2 Å². The number of methoxy groups -OCH3 is 1. The molecule has 0 aliphatic carbocycles. The summed E-state index contributed by atoms with van der Waals surface area (Å²) in [5, 5.41) is -0.354. The molecule has 1 atom stereocenters. The molecule has 1 heterocycles. The molecule has 17 heavy (non-hydrogen) atoms. The van der Waals surface area contributed by atoms with Gasteiger partial charge in [-0.05, 0) is 19.3 Å². The van der Waals surface area contributed by atoms with E-state index in [9.17, 15) is 8.42 Å². The minimum atomic E-state index is -3.29. The molecule has 102 valence electrons. The fraction of sp³-hybridized carbons (Fsp3) is 1.00. The first kappa shape index (κ1) is 14.8. The van der Waals surface area contributed by atoms with Gasteiger partial charge in [0.25, 0.3) is 0 Å². The first-order chi connectivity index (χ1) is 8.10. The van der Waals surface area contributed by atoms with Crippen LogP contribution >= 0.6 is 0 Å². The van der Waals surface area contributed by atoms with Crippen LogP contribution in [-0.2, 0) is 19.5 Å². The van der Waals surface area contributed by atoms with E-state index >= 15 is 0 Å². The molecular weight excluding hydrogens is 244 g/mol. The summed E-state index contributed by atoms with van der Waals surface area (Å²) < 4.78 is 36.8. The van der Waals surface area contributed by atoms with E-state index in [1.54, 1.807) is 7.11 Å². The van der Waals surface area contributed by atoms with Crippen molar-refractivity contribution in [2.75, 3.05) is 33.5 Å². The van der Waals surface area contributed by atoms with E-state index in [1.165, 1.54) is 0 Å². The van der Waals surface area contributed by atoms with Crippen LogP contribution in [0.25, 0.3) is 0 Å². The van der Waals surface area contributed by atoms with Gasteiger partial charge in [0.2, 0.25) is 10.0 Å². The number of hydrogen-bond acceptors (Lipinski definition) is 5. The lowest BCUT2D eigenvalue weighted by Crippen LogP contribution is -2.46. The monoisotopic (exact) mass is 266 g/mol. The molecule has 0 aromatic heterocycles. The zero-order valence-electron chi connectivity index (χ0n) is 10.2. The second-order valence-electron chi connectivity index (χ2n) is 4.19. The maximum atomic E-state index is 12.1. The Hall–Kier alpha value is -0.210. The number of ether oxygens (including phenoxy) is 2. The van der Waals surface area contributed by atoms with E-state index in [-0.39, 0.29) is 17.8 Å². The highest BCUT2D eigenvalue weighted by atomic mass is 32.2. The smallest absolute Gasteiger partial charge is 0.214 e. The molecule has 6 nitrogen and oxygen atoms in total. The highest BCUT2D eigenvalue weighted by Gasteiger charge is 2.29. The third-order valence-corrected chi connectivity index (χ3v) is 4.90. The van der Waals surface area contributed by atoms with Gasteiger partial charge in [-0.1, -0.05) is 0 Å². The van der Waals surface area contributed by atoms with Crippen LogP contribution in [-0.4, -0.2) is 53.2 Å². The molecule has 3 N–H and O–H groups in total.